The fourth-order valence-electron chi connectivity index (χ4n) is 8.40. The maximum atomic E-state index is 10.9. The Hall–Kier alpha value is -8.45. The standard InChI is InChI=1S/C32H4.C10H11BN2O2.C9H6N2O2.B32/c1-3-5-7-9-11-13-15-17-19-21-23-25-27-29-31-32-30-28-26-24-22-20-18-16-14-12-10-8-6-4-2;11-10(14)13-6-7-1-2-9-8(5-7)12-3-4-15-9;1-10-6-2-3-8-7(4-6)11-9(12)5-13-8;1-18(2)26(17)30(25(15)16)32(29(23(11)12)24(13)14)31(27(19(3)4)20(5)6)28(21(7)8)22(9)10/h1-2H2;1-2,5,12H,3-4,6H2,(H,13,14);2-4H,5H2,(H,11,12);. The molecule has 3 N–H and O–H groups in total. The van der Waals surface area contributed by atoms with Gasteiger partial charge in [0.25, 0.3) is 5.91 Å². The van der Waals surface area contributed by atoms with E-state index in [2.05, 4.69) is 206 Å². The van der Waals surface area contributed by atoms with Crippen molar-refractivity contribution in [1.82, 2.24) is 5.32 Å². The second-order valence-electron chi connectivity index (χ2n) is 18.5. The highest BCUT2D eigenvalue weighted by atomic mass is 16.5. The fourth-order valence-corrected chi connectivity index (χ4v) is 8.40. The van der Waals surface area contributed by atoms with Gasteiger partial charge in [0, 0.05) is 309 Å². The molecule has 0 saturated carbocycles. The molecule has 0 spiro atoms. The van der Waals surface area contributed by atoms with E-state index < -0.39 is 102 Å². The first-order chi connectivity index (χ1) is 43.9. The Labute approximate surface area is 571 Å². The largest absolute Gasteiger partial charge is 0.490 e. The maximum absolute atomic E-state index is 10.9. The van der Waals surface area contributed by atoms with Gasteiger partial charge < -0.3 is 25.4 Å². The minimum Gasteiger partial charge on any atom is -0.490 e. The fraction of sp³-hybridized carbons (Fsp3) is 0.0784. The Balaban J connectivity index is 0.000000652. The van der Waals surface area contributed by atoms with Crippen LogP contribution in [0.25, 0.3) is 4.85 Å². The number of fused-ring (bicyclic) bond motifs is 2. The minimum absolute atomic E-state index is 0.0460. The third kappa shape index (κ3) is 33.6. The van der Waals surface area contributed by atoms with Crippen molar-refractivity contribution in [3.8, 4) is 11.5 Å². The van der Waals surface area contributed by atoms with Crippen molar-refractivity contribution in [1.29, 1.82) is 0 Å². The number of amides is 2. The molecule has 0 fully saturated rings. The van der Waals surface area contributed by atoms with E-state index in [1.807, 2.05) is 18.2 Å². The van der Waals surface area contributed by atoms with E-state index in [0.717, 1.165) is 23.5 Å². The zero-order valence-electron chi connectivity index (χ0n) is 49.8. The number of rotatable bonds is 16. The lowest BCUT2D eigenvalue weighted by Crippen LogP contribution is -2.89. The van der Waals surface area contributed by atoms with Gasteiger partial charge in [0.2, 0.25) is 7.85 Å². The summed E-state index contributed by atoms with van der Waals surface area (Å²) in [6.07, 6.45) is -15.2. The summed E-state index contributed by atoms with van der Waals surface area (Å²) in [5, 5.41) is 8.39. The molecule has 2 amide bonds. The van der Waals surface area contributed by atoms with Crippen LogP contribution in [-0.2, 0) is 11.3 Å². The van der Waals surface area contributed by atoms with Crippen LogP contribution in [0.3, 0.4) is 0 Å². The highest BCUT2D eigenvalue weighted by Crippen LogP contribution is 2.31. The Morgan fingerprint density at radius 3 is 1.13 bits per heavy atom. The number of anilines is 2. The lowest BCUT2D eigenvalue weighted by molar-refractivity contribution is -0.118. The van der Waals surface area contributed by atoms with Crippen LogP contribution in [-0.4, -0.2) is 267 Å². The molecule has 2 aromatic rings. The van der Waals surface area contributed by atoms with Gasteiger partial charge in [-0.3, -0.25) is 9.59 Å². The number of benzene rings is 2. The highest BCUT2D eigenvalue weighted by molar-refractivity contribution is 8.28. The zero-order chi connectivity index (χ0) is 68.8. The van der Waals surface area contributed by atoms with Crippen molar-refractivity contribution < 1.29 is 19.1 Å². The number of hydrogen-bond donors (Lipinski definition) is 3. The van der Waals surface area contributed by atoms with Crippen molar-refractivity contribution in [2.45, 2.75) is 6.54 Å². The van der Waals surface area contributed by atoms with Gasteiger partial charge in [-0.15, -0.1) is 0 Å². The predicted octanol–water partition coefficient (Wildman–Crippen LogP) is -4.29. The molecule has 2 aromatic carbocycles. The van der Waals surface area contributed by atoms with E-state index in [4.69, 9.17) is 155 Å². The van der Waals surface area contributed by atoms with Gasteiger partial charge in [-0.1, -0.05) is 23.6 Å². The van der Waals surface area contributed by atoms with Gasteiger partial charge in [-0.25, -0.2) is 4.85 Å². The average molecular weight is 1110 g/mol. The van der Waals surface area contributed by atoms with Gasteiger partial charge in [-0.2, -0.15) is 0 Å². The molecule has 2 heterocycles. The molecule has 0 bridgehead atoms. The Morgan fingerprint density at radius 2 is 0.804 bits per heavy atom. The zero-order valence-corrected chi connectivity index (χ0v) is 49.8. The van der Waals surface area contributed by atoms with E-state index in [0.29, 0.717) is 30.3 Å². The van der Waals surface area contributed by atoms with Crippen molar-refractivity contribution in [2.24, 2.45) is 0 Å². The number of carbonyl (C=O) groups is 2. The van der Waals surface area contributed by atoms with E-state index in [1.165, 1.54) is 0 Å². The summed E-state index contributed by atoms with van der Waals surface area (Å²) < 4.78 is 10.5. The summed E-state index contributed by atoms with van der Waals surface area (Å²) in [4.78, 5) is 24.7. The van der Waals surface area contributed by atoms with Gasteiger partial charge in [-0.05, 0) is 135 Å². The van der Waals surface area contributed by atoms with Crippen LogP contribution in [0.1, 0.15) is 5.56 Å². The van der Waals surface area contributed by atoms with Crippen LogP contribution < -0.4 is 25.4 Å². The van der Waals surface area contributed by atoms with E-state index in [-0.39, 0.29) is 12.5 Å². The number of nitrogens with zero attached hydrogens (tertiary/aromatic N) is 1. The van der Waals surface area contributed by atoms with Crippen LogP contribution in [0, 0.1) is 6.57 Å². The molecule has 2 aliphatic rings. The van der Waals surface area contributed by atoms with Crippen LogP contribution in [0.15, 0.2) is 221 Å². The summed E-state index contributed by atoms with van der Waals surface area (Å²) in [5.41, 5.74) is 77.4. The number of ether oxygens (including phenoxy) is 2. The molecule has 0 unspecified atom stereocenters. The predicted molar refractivity (Wildman–Crippen MR) is 406 cm³/mol. The van der Waals surface area contributed by atoms with Crippen LogP contribution in [0.5, 0.6) is 11.5 Å². The molecular weight excluding hydrogens is 1090 g/mol. The summed E-state index contributed by atoms with van der Waals surface area (Å²) in [5.74, 6) is 0.766. The first-order valence-corrected chi connectivity index (χ1v) is 26.8. The maximum Gasteiger partial charge on any atom is 0.262 e. The molecule has 92 heavy (non-hydrogen) atoms. The molecule has 0 saturated heterocycles. The minimum atomic E-state index is -1.11. The topological polar surface area (TPSA) is 93.0 Å². The van der Waals surface area contributed by atoms with Crippen LogP contribution in [0.2, 0.25) is 0 Å². The van der Waals surface area contributed by atoms with Crippen LogP contribution in [0.4, 0.5) is 21.9 Å². The van der Waals surface area contributed by atoms with Crippen molar-refractivity contribution in [3.63, 3.8) is 0 Å². The summed E-state index contributed by atoms with van der Waals surface area (Å²) in [6, 6.07) is 10.7. The second kappa shape index (κ2) is 48.4. The lowest BCUT2D eigenvalue weighted by Gasteiger charge is -2.51. The smallest absolute Gasteiger partial charge is 0.262 e. The summed E-state index contributed by atoms with van der Waals surface area (Å²) in [6.45, 7) is 15.4. The monoisotopic (exact) mass is 1120 g/mol. The molecule has 36 radical (unpaired) electrons. The second-order valence-corrected chi connectivity index (χ2v) is 18.5. The van der Waals surface area contributed by atoms with Crippen molar-refractivity contribution >= 4 is 264 Å². The molecule has 0 atom stereocenters. The average Bonchev–Trinajstić information content (AvgIpc) is 0.795. The quantitative estimate of drug-likeness (QED) is 0.0902. The van der Waals surface area contributed by atoms with Gasteiger partial charge in [0.05, 0.1) is 17.9 Å². The summed E-state index contributed by atoms with van der Waals surface area (Å²) in [7, 11) is 108. The first kappa shape index (κ1) is 81.6. The highest BCUT2D eigenvalue weighted by Gasteiger charge is 2.53. The van der Waals surface area contributed by atoms with Crippen molar-refractivity contribution in [3.05, 3.63) is 238 Å². The SMILES string of the molecule is C=C=C=C=C=C=C=C=C=C=C=C=C=C=C=C=C=C=C=C=C=C=C=C=C=C=C=C=C=C=C=C.[B]B([B])B([B])B(B([B])[B])B(B(B([B])[B])B([B])[B])B(B(B([B])[B])B([B])[B])B(B([B])[B])B([B])[B].[B]C(=O)NCc1ccc2c(c1)NCCO2.[C-]#[N+]c1ccc2c(c1)NC(=O)CO2. The molecule has 0 aromatic heterocycles. The molecule has 368 valence electrons. The molecular formula is C51H21B33N4O4. The van der Waals surface area contributed by atoms with Gasteiger partial charge in [0.1, 0.15) is 18.1 Å². The number of carbonyl (C=O) groups excluding carboxylic acids is 2. The van der Waals surface area contributed by atoms with E-state index in [9.17, 15) is 9.59 Å². The number of nitrogens with one attached hydrogen (secondary N) is 3. The Kier molecular flexibility index (Phi) is 42.9. The van der Waals surface area contributed by atoms with Crippen LogP contribution >= 0.6 is 0 Å². The summed E-state index contributed by atoms with van der Waals surface area (Å²) >= 11 is 0. The molecule has 41 heteroatoms. The first-order valence-electron chi connectivity index (χ1n) is 26.8. The Bertz CT molecular complexity index is 4030. The van der Waals surface area contributed by atoms with Crippen molar-refractivity contribution in [2.75, 3.05) is 30.4 Å². The lowest BCUT2D eigenvalue weighted by atomic mass is 8.30. The number of hydrogen-bond acceptors (Lipinski definition) is 5. The molecule has 2 aliphatic heterocycles. The molecule has 8 nitrogen and oxygen atoms in total. The van der Waals surface area contributed by atoms with Gasteiger partial charge in [0.15, 0.2) is 18.1 Å². The molecule has 4 rings (SSSR count). The van der Waals surface area contributed by atoms with E-state index in [1.54, 1.807) is 18.2 Å². The Morgan fingerprint density at radius 1 is 0.467 bits per heavy atom. The van der Waals surface area contributed by atoms with Gasteiger partial charge >= 0.3 is 0 Å². The molecule has 0 aliphatic carbocycles. The van der Waals surface area contributed by atoms with E-state index >= 15 is 0 Å². The normalized spacial score (nSPS) is 8.75. The third-order valence-electron chi connectivity index (χ3n) is 12.0. The third-order valence-corrected chi connectivity index (χ3v) is 12.0.